The van der Waals surface area contributed by atoms with Gasteiger partial charge < -0.3 is 15.4 Å². The van der Waals surface area contributed by atoms with Gasteiger partial charge in [-0.3, -0.25) is 0 Å². The molecule has 1 aliphatic heterocycles. The topological polar surface area (TPSA) is 38.5 Å². The van der Waals surface area contributed by atoms with Crippen LogP contribution in [0, 0.1) is 5.41 Å². The highest BCUT2D eigenvalue weighted by Crippen LogP contribution is 2.43. The average Bonchev–Trinajstić information content (AvgIpc) is 2.36. The summed E-state index contributed by atoms with van der Waals surface area (Å²) in [6.07, 6.45) is 9.55. The van der Waals surface area contributed by atoms with Crippen LogP contribution >= 0.6 is 0 Å². The van der Waals surface area contributed by atoms with Crippen LogP contribution in [0.1, 0.15) is 51.9 Å². The smallest absolute Gasteiger partial charge is 0.0702 e. The van der Waals surface area contributed by atoms with Gasteiger partial charge in [0.25, 0.3) is 0 Å². The molecule has 3 heteroatoms. The molecule has 0 aromatic rings. The first-order valence-electron chi connectivity index (χ1n) is 7.82. The molecule has 1 aliphatic carbocycles. The number of nitrogens with zero attached hydrogens (tertiary/aromatic N) is 1. The Morgan fingerprint density at radius 1 is 1.33 bits per heavy atom. The second-order valence-corrected chi connectivity index (χ2v) is 6.24. The summed E-state index contributed by atoms with van der Waals surface area (Å²) in [5.41, 5.74) is 6.43. The van der Waals surface area contributed by atoms with Crippen LogP contribution in [-0.4, -0.2) is 43.8 Å². The summed E-state index contributed by atoms with van der Waals surface area (Å²) < 4.78 is 5.89. The Bertz CT molecular complexity index is 235. The summed E-state index contributed by atoms with van der Waals surface area (Å²) in [7, 11) is 0. The van der Waals surface area contributed by atoms with Crippen molar-refractivity contribution >= 4 is 0 Å². The molecule has 0 amide bonds. The van der Waals surface area contributed by atoms with E-state index in [4.69, 9.17) is 10.5 Å². The lowest BCUT2D eigenvalue weighted by Crippen LogP contribution is -2.44. The van der Waals surface area contributed by atoms with Crippen LogP contribution in [0.15, 0.2) is 0 Å². The second kappa shape index (κ2) is 6.88. The Morgan fingerprint density at radius 2 is 2.17 bits per heavy atom. The number of piperidine rings is 1. The molecule has 0 radical (unpaired) electrons. The Morgan fingerprint density at radius 3 is 2.78 bits per heavy atom. The van der Waals surface area contributed by atoms with Gasteiger partial charge in [-0.25, -0.2) is 0 Å². The van der Waals surface area contributed by atoms with Gasteiger partial charge in [0, 0.05) is 13.2 Å². The predicted molar refractivity (Wildman–Crippen MR) is 75.7 cm³/mol. The Labute approximate surface area is 112 Å². The van der Waals surface area contributed by atoms with Gasteiger partial charge in [0.1, 0.15) is 0 Å². The lowest BCUT2D eigenvalue weighted by Gasteiger charge is -2.43. The predicted octanol–water partition coefficient (Wildman–Crippen LogP) is 2.40. The van der Waals surface area contributed by atoms with E-state index in [2.05, 4.69) is 11.8 Å². The Kier molecular flexibility index (Phi) is 5.46. The Hall–Kier alpha value is -0.120. The molecule has 1 saturated heterocycles. The fraction of sp³-hybridized carbons (Fsp3) is 1.00. The third-order valence-electron chi connectivity index (χ3n) is 4.83. The summed E-state index contributed by atoms with van der Waals surface area (Å²) in [6.45, 7) is 7.61. The van der Waals surface area contributed by atoms with Gasteiger partial charge in [0.2, 0.25) is 0 Å². The number of likely N-dealkylation sites (tertiary alicyclic amines) is 1. The molecule has 2 fully saturated rings. The molecule has 0 aromatic carbocycles. The van der Waals surface area contributed by atoms with Crippen molar-refractivity contribution in [1.82, 2.24) is 4.90 Å². The molecule has 106 valence electrons. The highest BCUT2D eigenvalue weighted by atomic mass is 16.5. The monoisotopic (exact) mass is 254 g/mol. The van der Waals surface area contributed by atoms with E-state index in [9.17, 15) is 0 Å². The van der Waals surface area contributed by atoms with Crippen LogP contribution in [0.3, 0.4) is 0 Å². The minimum absolute atomic E-state index is 0.480. The van der Waals surface area contributed by atoms with Crippen LogP contribution in [0.5, 0.6) is 0 Å². The van der Waals surface area contributed by atoms with E-state index in [1.54, 1.807) is 0 Å². The molecule has 0 aromatic heterocycles. The molecule has 2 aliphatic rings. The van der Waals surface area contributed by atoms with E-state index >= 15 is 0 Å². The van der Waals surface area contributed by atoms with E-state index in [1.807, 2.05) is 0 Å². The minimum atomic E-state index is 0.480. The van der Waals surface area contributed by atoms with Gasteiger partial charge in [-0.2, -0.15) is 0 Å². The molecule has 2 N–H and O–H groups in total. The molecule has 3 nitrogen and oxygen atoms in total. The van der Waals surface area contributed by atoms with Gasteiger partial charge in [-0.1, -0.05) is 13.3 Å². The standard InChI is InChI=1S/C15H30N2O/c1-2-11-18-14-5-3-9-17(12-14)10-8-15(13-16)6-4-7-15/h14H,2-13,16H2,1H3. The fourth-order valence-corrected chi connectivity index (χ4v) is 3.27. The fourth-order valence-electron chi connectivity index (χ4n) is 3.27. The maximum atomic E-state index is 5.93. The summed E-state index contributed by atoms with van der Waals surface area (Å²) in [4.78, 5) is 2.60. The minimum Gasteiger partial charge on any atom is -0.377 e. The molecule has 2 rings (SSSR count). The van der Waals surface area contributed by atoms with Gasteiger partial charge >= 0.3 is 0 Å². The maximum Gasteiger partial charge on any atom is 0.0702 e. The Balaban J connectivity index is 1.69. The number of hydrogen-bond acceptors (Lipinski definition) is 3. The molecule has 18 heavy (non-hydrogen) atoms. The number of ether oxygens (including phenoxy) is 1. The SMILES string of the molecule is CCCOC1CCCN(CCC2(CN)CCC2)C1. The maximum absolute atomic E-state index is 5.93. The molecular weight excluding hydrogens is 224 g/mol. The van der Waals surface area contributed by atoms with E-state index < -0.39 is 0 Å². The van der Waals surface area contributed by atoms with Crippen molar-refractivity contribution in [1.29, 1.82) is 0 Å². The third kappa shape index (κ3) is 3.69. The van der Waals surface area contributed by atoms with Gasteiger partial charge in [-0.05, 0) is 63.6 Å². The first kappa shape index (κ1) is 14.3. The van der Waals surface area contributed by atoms with Crippen LogP contribution in [0.25, 0.3) is 0 Å². The number of nitrogens with two attached hydrogens (primary N) is 1. The molecular formula is C15H30N2O. The van der Waals surface area contributed by atoms with Gasteiger partial charge in [0.15, 0.2) is 0 Å². The second-order valence-electron chi connectivity index (χ2n) is 6.24. The van der Waals surface area contributed by atoms with E-state index in [1.165, 1.54) is 51.6 Å². The van der Waals surface area contributed by atoms with Crippen molar-refractivity contribution in [2.45, 2.75) is 58.0 Å². The van der Waals surface area contributed by atoms with Crippen LogP contribution < -0.4 is 5.73 Å². The quantitative estimate of drug-likeness (QED) is 0.758. The van der Waals surface area contributed by atoms with Crippen molar-refractivity contribution in [3.8, 4) is 0 Å². The van der Waals surface area contributed by atoms with Crippen LogP contribution in [0.2, 0.25) is 0 Å². The largest absolute Gasteiger partial charge is 0.377 e. The highest BCUT2D eigenvalue weighted by Gasteiger charge is 2.35. The highest BCUT2D eigenvalue weighted by molar-refractivity contribution is 4.89. The zero-order valence-corrected chi connectivity index (χ0v) is 12.0. The van der Waals surface area contributed by atoms with Gasteiger partial charge in [0.05, 0.1) is 6.10 Å². The van der Waals surface area contributed by atoms with Crippen molar-refractivity contribution in [2.75, 3.05) is 32.8 Å². The molecule has 0 spiro atoms. The summed E-state index contributed by atoms with van der Waals surface area (Å²) in [5.74, 6) is 0. The van der Waals surface area contributed by atoms with Crippen molar-refractivity contribution in [2.24, 2.45) is 11.1 Å². The lowest BCUT2D eigenvalue weighted by molar-refractivity contribution is -0.00639. The van der Waals surface area contributed by atoms with Crippen LogP contribution in [-0.2, 0) is 4.74 Å². The van der Waals surface area contributed by atoms with E-state index in [-0.39, 0.29) is 0 Å². The third-order valence-corrected chi connectivity index (χ3v) is 4.83. The summed E-state index contributed by atoms with van der Waals surface area (Å²) >= 11 is 0. The van der Waals surface area contributed by atoms with Crippen molar-refractivity contribution in [3.05, 3.63) is 0 Å². The van der Waals surface area contributed by atoms with E-state index in [0.717, 1.165) is 26.1 Å². The molecule has 1 atom stereocenters. The molecule has 1 unspecified atom stereocenters. The molecule has 1 saturated carbocycles. The zero-order chi connectivity index (χ0) is 12.8. The first-order valence-corrected chi connectivity index (χ1v) is 7.82. The molecule has 1 heterocycles. The first-order chi connectivity index (χ1) is 8.78. The molecule has 0 bridgehead atoms. The zero-order valence-electron chi connectivity index (χ0n) is 12.0. The summed E-state index contributed by atoms with van der Waals surface area (Å²) in [5, 5.41) is 0. The normalized spacial score (nSPS) is 28.0. The van der Waals surface area contributed by atoms with Crippen molar-refractivity contribution < 1.29 is 4.74 Å². The lowest BCUT2D eigenvalue weighted by atomic mass is 9.66. The summed E-state index contributed by atoms with van der Waals surface area (Å²) in [6, 6.07) is 0. The van der Waals surface area contributed by atoms with E-state index in [0.29, 0.717) is 11.5 Å². The van der Waals surface area contributed by atoms with Gasteiger partial charge in [-0.15, -0.1) is 0 Å². The van der Waals surface area contributed by atoms with Crippen LogP contribution in [0.4, 0.5) is 0 Å². The van der Waals surface area contributed by atoms with Crippen molar-refractivity contribution in [3.63, 3.8) is 0 Å². The number of rotatable bonds is 7. The number of hydrogen-bond donors (Lipinski definition) is 1. The average molecular weight is 254 g/mol.